The maximum Gasteiger partial charge on any atom is 0.272 e. The number of aryl methyl sites for hydroxylation is 1. The number of aromatic amines is 1. The van der Waals surface area contributed by atoms with E-state index in [1.54, 1.807) is 0 Å². The molecule has 1 amide bonds. The van der Waals surface area contributed by atoms with Crippen molar-refractivity contribution < 1.29 is 4.79 Å². The van der Waals surface area contributed by atoms with Gasteiger partial charge in [-0.3, -0.25) is 9.89 Å². The molecule has 1 fully saturated rings. The highest BCUT2D eigenvalue weighted by Gasteiger charge is 2.26. The van der Waals surface area contributed by atoms with Gasteiger partial charge in [0, 0.05) is 18.2 Å². The maximum absolute atomic E-state index is 11.9. The lowest BCUT2D eigenvalue weighted by molar-refractivity contribution is 0.0946. The summed E-state index contributed by atoms with van der Waals surface area (Å²) in [4.78, 5) is 11.9. The summed E-state index contributed by atoms with van der Waals surface area (Å²) >= 11 is 0. The number of amides is 1. The molecule has 4 heteroatoms. The maximum atomic E-state index is 11.9. The first-order chi connectivity index (χ1) is 9.22. The molecule has 0 radical (unpaired) electrons. The van der Waals surface area contributed by atoms with Gasteiger partial charge in [0.15, 0.2) is 0 Å². The highest BCUT2D eigenvalue weighted by atomic mass is 16.1. The molecule has 3 rings (SSSR count). The van der Waals surface area contributed by atoms with Crippen LogP contribution in [0.15, 0.2) is 30.3 Å². The number of carbonyl (C=O) groups is 1. The Balaban J connectivity index is 1.59. The smallest absolute Gasteiger partial charge is 0.272 e. The number of H-pyrrole nitrogens is 1. The zero-order valence-electron chi connectivity index (χ0n) is 10.9. The molecule has 1 aromatic heterocycles. The molecule has 2 N–H and O–H groups in total. The zero-order chi connectivity index (χ0) is 13.2. The average molecular weight is 255 g/mol. The Hall–Kier alpha value is -2.10. The van der Waals surface area contributed by atoms with Crippen molar-refractivity contribution in [2.24, 2.45) is 0 Å². The van der Waals surface area contributed by atoms with Gasteiger partial charge in [-0.25, -0.2) is 0 Å². The first-order valence-electron chi connectivity index (χ1n) is 6.61. The second-order valence-electron chi connectivity index (χ2n) is 5.15. The SMILES string of the molecule is Cc1ccc(CNC(=O)c2cc(C3CC3)[nH]n2)cc1. The van der Waals surface area contributed by atoms with Gasteiger partial charge in [0.1, 0.15) is 5.69 Å². The summed E-state index contributed by atoms with van der Waals surface area (Å²) in [6.45, 7) is 2.58. The Morgan fingerprint density at radius 3 is 2.79 bits per heavy atom. The third-order valence-electron chi connectivity index (χ3n) is 3.42. The van der Waals surface area contributed by atoms with Crippen molar-refractivity contribution in [2.45, 2.75) is 32.2 Å². The number of carbonyl (C=O) groups excluding carboxylic acids is 1. The van der Waals surface area contributed by atoms with Crippen LogP contribution in [0.4, 0.5) is 0 Å². The van der Waals surface area contributed by atoms with E-state index in [1.165, 1.54) is 18.4 Å². The number of hydrogen-bond acceptors (Lipinski definition) is 2. The van der Waals surface area contributed by atoms with Gasteiger partial charge in [-0.15, -0.1) is 0 Å². The second-order valence-corrected chi connectivity index (χ2v) is 5.15. The van der Waals surface area contributed by atoms with Crippen LogP contribution in [0.25, 0.3) is 0 Å². The fourth-order valence-corrected chi connectivity index (χ4v) is 2.04. The molecular weight excluding hydrogens is 238 g/mol. The van der Waals surface area contributed by atoms with Crippen molar-refractivity contribution in [3.8, 4) is 0 Å². The van der Waals surface area contributed by atoms with Crippen LogP contribution in [-0.4, -0.2) is 16.1 Å². The molecule has 1 aliphatic carbocycles. The van der Waals surface area contributed by atoms with Crippen LogP contribution < -0.4 is 5.32 Å². The highest BCUT2D eigenvalue weighted by molar-refractivity contribution is 5.92. The van der Waals surface area contributed by atoms with E-state index in [-0.39, 0.29) is 5.91 Å². The summed E-state index contributed by atoms with van der Waals surface area (Å²) in [5.74, 6) is 0.467. The second kappa shape index (κ2) is 4.88. The lowest BCUT2D eigenvalue weighted by Gasteiger charge is -2.03. The van der Waals surface area contributed by atoms with Gasteiger partial charge in [-0.05, 0) is 31.4 Å². The third kappa shape index (κ3) is 2.84. The molecule has 0 unspecified atom stereocenters. The molecule has 1 aliphatic rings. The number of aromatic nitrogens is 2. The molecule has 1 heterocycles. The summed E-state index contributed by atoms with van der Waals surface area (Å²) in [7, 11) is 0. The van der Waals surface area contributed by atoms with Crippen LogP contribution in [0.1, 0.15) is 46.1 Å². The van der Waals surface area contributed by atoms with Gasteiger partial charge >= 0.3 is 0 Å². The molecule has 0 atom stereocenters. The van der Waals surface area contributed by atoms with Crippen molar-refractivity contribution in [1.82, 2.24) is 15.5 Å². The fourth-order valence-electron chi connectivity index (χ4n) is 2.04. The predicted molar refractivity (Wildman–Crippen MR) is 72.9 cm³/mol. The molecule has 0 spiro atoms. The van der Waals surface area contributed by atoms with Crippen molar-refractivity contribution in [1.29, 1.82) is 0 Å². The van der Waals surface area contributed by atoms with E-state index in [0.29, 0.717) is 18.2 Å². The monoisotopic (exact) mass is 255 g/mol. The summed E-state index contributed by atoms with van der Waals surface area (Å²) < 4.78 is 0. The zero-order valence-corrected chi connectivity index (χ0v) is 10.9. The van der Waals surface area contributed by atoms with Crippen LogP contribution in [0.5, 0.6) is 0 Å². The van der Waals surface area contributed by atoms with Crippen molar-refractivity contribution >= 4 is 5.91 Å². The number of benzene rings is 1. The Morgan fingerprint density at radius 2 is 2.11 bits per heavy atom. The molecule has 0 saturated heterocycles. The fraction of sp³-hybridized carbons (Fsp3) is 0.333. The standard InChI is InChI=1S/C15H17N3O/c1-10-2-4-11(5-3-10)9-16-15(19)14-8-13(17-18-14)12-6-7-12/h2-5,8,12H,6-7,9H2,1H3,(H,16,19)(H,17,18). The lowest BCUT2D eigenvalue weighted by Crippen LogP contribution is -2.23. The highest BCUT2D eigenvalue weighted by Crippen LogP contribution is 2.38. The van der Waals surface area contributed by atoms with E-state index in [0.717, 1.165) is 11.3 Å². The van der Waals surface area contributed by atoms with E-state index in [4.69, 9.17) is 0 Å². The molecular formula is C15H17N3O. The first-order valence-corrected chi connectivity index (χ1v) is 6.61. The Morgan fingerprint density at radius 1 is 1.37 bits per heavy atom. The topological polar surface area (TPSA) is 57.8 Å². The molecule has 0 bridgehead atoms. The summed E-state index contributed by atoms with van der Waals surface area (Å²) in [6.07, 6.45) is 2.40. The third-order valence-corrected chi connectivity index (χ3v) is 3.42. The van der Waals surface area contributed by atoms with Gasteiger partial charge < -0.3 is 5.32 Å². The van der Waals surface area contributed by atoms with Gasteiger partial charge in [0.2, 0.25) is 0 Å². The summed E-state index contributed by atoms with van der Waals surface area (Å²) in [5.41, 5.74) is 3.88. The van der Waals surface area contributed by atoms with Crippen LogP contribution in [0.3, 0.4) is 0 Å². The molecule has 1 aromatic carbocycles. The summed E-state index contributed by atoms with van der Waals surface area (Å²) in [6, 6.07) is 10.00. The van der Waals surface area contributed by atoms with Gasteiger partial charge in [-0.2, -0.15) is 5.10 Å². The number of rotatable bonds is 4. The Kier molecular flexibility index (Phi) is 3.07. The minimum Gasteiger partial charge on any atom is -0.347 e. The Labute approximate surface area is 112 Å². The molecule has 19 heavy (non-hydrogen) atoms. The molecule has 4 nitrogen and oxygen atoms in total. The average Bonchev–Trinajstić information content (AvgIpc) is 3.15. The largest absolute Gasteiger partial charge is 0.347 e. The van der Waals surface area contributed by atoms with Crippen molar-refractivity contribution in [2.75, 3.05) is 0 Å². The van der Waals surface area contributed by atoms with Crippen LogP contribution in [0.2, 0.25) is 0 Å². The van der Waals surface area contributed by atoms with E-state index in [1.807, 2.05) is 37.3 Å². The first kappa shape index (κ1) is 12.0. The molecule has 2 aromatic rings. The van der Waals surface area contributed by atoms with Crippen molar-refractivity contribution in [3.05, 3.63) is 52.8 Å². The minimum absolute atomic E-state index is 0.122. The van der Waals surface area contributed by atoms with E-state index in [2.05, 4.69) is 15.5 Å². The van der Waals surface area contributed by atoms with Crippen LogP contribution in [-0.2, 0) is 6.54 Å². The van der Waals surface area contributed by atoms with E-state index < -0.39 is 0 Å². The van der Waals surface area contributed by atoms with Gasteiger partial charge in [0.25, 0.3) is 5.91 Å². The number of nitrogens with one attached hydrogen (secondary N) is 2. The normalized spacial score (nSPS) is 14.4. The number of nitrogens with zero attached hydrogens (tertiary/aromatic N) is 1. The van der Waals surface area contributed by atoms with E-state index in [9.17, 15) is 4.79 Å². The number of hydrogen-bond donors (Lipinski definition) is 2. The van der Waals surface area contributed by atoms with E-state index >= 15 is 0 Å². The lowest BCUT2D eigenvalue weighted by atomic mass is 10.1. The summed E-state index contributed by atoms with van der Waals surface area (Å²) in [5, 5.41) is 9.90. The quantitative estimate of drug-likeness (QED) is 0.882. The van der Waals surface area contributed by atoms with Crippen LogP contribution >= 0.6 is 0 Å². The minimum atomic E-state index is -0.122. The Bertz CT molecular complexity index is 582. The van der Waals surface area contributed by atoms with Crippen LogP contribution in [0, 0.1) is 6.92 Å². The molecule has 1 saturated carbocycles. The predicted octanol–water partition coefficient (Wildman–Crippen LogP) is 2.53. The molecule has 0 aliphatic heterocycles. The van der Waals surface area contributed by atoms with Gasteiger partial charge in [-0.1, -0.05) is 29.8 Å². The van der Waals surface area contributed by atoms with Gasteiger partial charge in [0.05, 0.1) is 0 Å². The van der Waals surface area contributed by atoms with Crippen molar-refractivity contribution in [3.63, 3.8) is 0 Å². The molecule has 98 valence electrons.